The maximum Gasteiger partial charge on any atom is 0.0714 e. The van der Waals surface area contributed by atoms with Crippen molar-refractivity contribution in [1.29, 1.82) is 0 Å². The molecule has 0 spiro atoms. The Morgan fingerprint density at radius 2 is 1.08 bits per heavy atom. The molecule has 1 heterocycles. The second kappa shape index (κ2) is 4.95. The fraction of sp³-hybridized carbons (Fsp3) is 0.636. The second-order valence-corrected chi connectivity index (χ2v) is 2.40. The van der Waals surface area contributed by atoms with E-state index in [4.69, 9.17) is 0 Å². The Kier molecular flexibility index (Phi) is 4.60. The molecule has 0 unspecified atom stereocenters. The molecule has 0 bridgehead atoms. The first-order valence-electron chi connectivity index (χ1n) is 4.81. The molecule has 0 amide bonds. The molecule has 74 valence electrons. The average molecular weight is 180 g/mol. The standard InChI is InChI=1S/C6H4N2.2C2H6.CH4/c1-3-4-2-6(4)8-7-5(1)3;2*1-2;/h1-2H2;2*1-2H3;1H4. The zero-order valence-corrected chi connectivity index (χ0v) is 8.31. The van der Waals surface area contributed by atoms with Crippen LogP contribution in [0.25, 0.3) is 0 Å². The lowest BCUT2D eigenvalue weighted by molar-refractivity contribution is 1.02. The van der Waals surface area contributed by atoms with E-state index in [2.05, 4.69) is 10.2 Å². The van der Waals surface area contributed by atoms with Gasteiger partial charge in [0.05, 0.1) is 11.4 Å². The third-order valence-corrected chi connectivity index (χ3v) is 1.79. The second-order valence-electron chi connectivity index (χ2n) is 2.40. The molecule has 2 aliphatic rings. The average Bonchev–Trinajstić information content (AvgIpc) is 3.03. The fourth-order valence-corrected chi connectivity index (χ4v) is 1.12. The van der Waals surface area contributed by atoms with Crippen molar-refractivity contribution in [2.75, 3.05) is 0 Å². The van der Waals surface area contributed by atoms with Crippen LogP contribution < -0.4 is 0 Å². The van der Waals surface area contributed by atoms with Gasteiger partial charge in [0.15, 0.2) is 0 Å². The molecule has 13 heavy (non-hydrogen) atoms. The minimum absolute atomic E-state index is 0. The van der Waals surface area contributed by atoms with Crippen molar-refractivity contribution in [3.8, 4) is 0 Å². The van der Waals surface area contributed by atoms with Crippen LogP contribution in [0, 0.1) is 0 Å². The van der Waals surface area contributed by atoms with Gasteiger partial charge in [0.25, 0.3) is 0 Å². The summed E-state index contributed by atoms with van der Waals surface area (Å²) >= 11 is 0. The lowest BCUT2D eigenvalue weighted by Crippen LogP contribution is -1.72. The minimum Gasteiger partial charge on any atom is -0.155 e. The van der Waals surface area contributed by atoms with Crippen LogP contribution in [0.5, 0.6) is 0 Å². The largest absolute Gasteiger partial charge is 0.155 e. The third kappa shape index (κ3) is 2.27. The third-order valence-electron chi connectivity index (χ3n) is 1.79. The Morgan fingerprint density at radius 1 is 0.769 bits per heavy atom. The van der Waals surface area contributed by atoms with Gasteiger partial charge >= 0.3 is 0 Å². The van der Waals surface area contributed by atoms with E-state index in [9.17, 15) is 0 Å². The van der Waals surface area contributed by atoms with Crippen molar-refractivity contribution in [3.05, 3.63) is 22.5 Å². The summed E-state index contributed by atoms with van der Waals surface area (Å²) in [6.07, 6.45) is 2.25. The Balaban J connectivity index is 0.000000262. The van der Waals surface area contributed by atoms with Gasteiger partial charge in [-0.2, -0.15) is 10.2 Å². The van der Waals surface area contributed by atoms with Gasteiger partial charge in [-0.05, 0) is 11.1 Å². The summed E-state index contributed by atoms with van der Waals surface area (Å²) in [5, 5.41) is 7.95. The molecule has 0 N–H and O–H groups in total. The van der Waals surface area contributed by atoms with Crippen LogP contribution in [-0.2, 0) is 12.8 Å². The molecule has 2 nitrogen and oxygen atoms in total. The van der Waals surface area contributed by atoms with Crippen LogP contribution >= 0.6 is 0 Å². The first-order chi connectivity index (χ1) is 5.95. The van der Waals surface area contributed by atoms with Crippen molar-refractivity contribution in [1.82, 2.24) is 10.2 Å². The Labute approximate surface area is 81.4 Å². The van der Waals surface area contributed by atoms with Crippen LogP contribution in [0.3, 0.4) is 0 Å². The monoisotopic (exact) mass is 180 g/mol. The lowest BCUT2D eigenvalue weighted by Gasteiger charge is -1.67. The molecule has 2 aliphatic carbocycles. The van der Waals surface area contributed by atoms with Gasteiger partial charge < -0.3 is 0 Å². The zero-order valence-electron chi connectivity index (χ0n) is 8.31. The zero-order chi connectivity index (χ0) is 9.14. The smallest absolute Gasteiger partial charge is 0.0714 e. The van der Waals surface area contributed by atoms with Gasteiger partial charge in [0.2, 0.25) is 0 Å². The quantitative estimate of drug-likeness (QED) is 0.531. The van der Waals surface area contributed by atoms with Gasteiger partial charge in [-0.25, -0.2) is 0 Å². The lowest BCUT2D eigenvalue weighted by atomic mass is 10.5. The summed E-state index contributed by atoms with van der Waals surface area (Å²) in [6.45, 7) is 8.00. The van der Waals surface area contributed by atoms with Crippen molar-refractivity contribution in [3.63, 3.8) is 0 Å². The molecule has 1 aromatic heterocycles. The van der Waals surface area contributed by atoms with Crippen LogP contribution in [-0.4, -0.2) is 10.2 Å². The van der Waals surface area contributed by atoms with Crippen molar-refractivity contribution in [2.24, 2.45) is 0 Å². The molecule has 3 rings (SSSR count). The number of hydrogen-bond donors (Lipinski definition) is 0. The highest BCUT2D eigenvalue weighted by Gasteiger charge is 2.33. The molecule has 1 aromatic rings. The summed E-state index contributed by atoms with van der Waals surface area (Å²) in [5.41, 5.74) is 5.47. The maximum absolute atomic E-state index is 3.97. The van der Waals surface area contributed by atoms with Gasteiger partial charge in [-0.3, -0.25) is 0 Å². The number of rotatable bonds is 0. The molecule has 0 radical (unpaired) electrons. The van der Waals surface area contributed by atoms with Crippen molar-refractivity contribution >= 4 is 0 Å². The fourth-order valence-electron chi connectivity index (χ4n) is 1.12. The van der Waals surface area contributed by atoms with Gasteiger partial charge in [0.1, 0.15) is 0 Å². The SMILES string of the molecule is C.C1c2nnc3c(c21)C3.CC.CC. The molecule has 0 aliphatic heterocycles. The van der Waals surface area contributed by atoms with E-state index < -0.39 is 0 Å². The predicted octanol–water partition coefficient (Wildman–Crippen LogP) is 2.97. The highest BCUT2D eigenvalue weighted by atomic mass is 15.1. The van der Waals surface area contributed by atoms with E-state index in [-0.39, 0.29) is 7.43 Å². The number of nitrogens with zero attached hydrogens (tertiary/aromatic N) is 2. The molecular formula is C11H20N2. The Hall–Kier alpha value is -0.920. The predicted molar refractivity (Wildman–Crippen MR) is 57.1 cm³/mol. The van der Waals surface area contributed by atoms with Gasteiger partial charge in [-0.15, -0.1) is 0 Å². The molecule has 0 atom stereocenters. The number of fused-ring (bicyclic) bond motifs is 3. The van der Waals surface area contributed by atoms with E-state index in [1.165, 1.54) is 22.5 Å². The van der Waals surface area contributed by atoms with E-state index in [1.54, 1.807) is 0 Å². The topological polar surface area (TPSA) is 25.8 Å². The summed E-state index contributed by atoms with van der Waals surface area (Å²) < 4.78 is 0. The number of aromatic nitrogens is 2. The van der Waals surface area contributed by atoms with Crippen molar-refractivity contribution < 1.29 is 0 Å². The van der Waals surface area contributed by atoms with Crippen LogP contribution in [0.15, 0.2) is 0 Å². The summed E-state index contributed by atoms with van der Waals surface area (Å²) in [5.74, 6) is 0. The summed E-state index contributed by atoms with van der Waals surface area (Å²) in [4.78, 5) is 0. The summed E-state index contributed by atoms with van der Waals surface area (Å²) in [7, 11) is 0. The Bertz CT molecular complexity index is 251. The van der Waals surface area contributed by atoms with Gasteiger partial charge in [0, 0.05) is 12.8 Å². The van der Waals surface area contributed by atoms with E-state index in [0.717, 1.165) is 12.8 Å². The summed E-state index contributed by atoms with van der Waals surface area (Å²) in [6, 6.07) is 0. The first-order valence-corrected chi connectivity index (χ1v) is 4.81. The molecule has 0 fully saturated rings. The van der Waals surface area contributed by atoms with Gasteiger partial charge in [-0.1, -0.05) is 35.1 Å². The normalized spacial score (nSPS) is 11.4. The molecule has 2 heteroatoms. The van der Waals surface area contributed by atoms with Crippen molar-refractivity contribution in [2.45, 2.75) is 48.0 Å². The minimum atomic E-state index is 0. The molecular weight excluding hydrogens is 160 g/mol. The van der Waals surface area contributed by atoms with E-state index in [0.29, 0.717) is 0 Å². The highest BCUT2D eigenvalue weighted by molar-refractivity contribution is 5.55. The van der Waals surface area contributed by atoms with Crippen LogP contribution in [0.4, 0.5) is 0 Å². The first kappa shape index (κ1) is 12.1. The Morgan fingerprint density at radius 3 is 1.38 bits per heavy atom. The van der Waals surface area contributed by atoms with Crippen LogP contribution in [0.1, 0.15) is 57.6 Å². The van der Waals surface area contributed by atoms with Crippen LogP contribution in [0.2, 0.25) is 0 Å². The molecule has 0 saturated heterocycles. The molecule has 0 aromatic carbocycles. The maximum atomic E-state index is 3.97. The number of hydrogen-bond acceptors (Lipinski definition) is 2. The highest BCUT2D eigenvalue weighted by Crippen LogP contribution is 2.38. The van der Waals surface area contributed by atoms with E-state index >= 15 is 0 Å². The van der Waals surface area contributed by atoms with E-state index in [1.807, 2.05) is 27.7 Å². The molecule has 0 saturated carbocycles.